The molecule has 0 aromatic heterocycles. The molecule has 0 aliphatic carbocycles. The second-order valence-electron chi connectivity index (χ2n) is 4.89. The van der Waals surface area contributed by atoms with Crippen LogP contribution in [0.1, 0.15) is 41.7 Å². The second kappa shape index (κ2) is 4.42. The highest BCUT2D eigenvalue weighted by molar-refractivity contribution is 5.39. The summed E-state index contributed by atoms with van der Waals surface area (Å²) >= 11 is 0. The minimum absolute atomic E-state index is 0.255. The monoisotopic (exact) mass is 216 g/mol. The zero-order chi connectivity index (χ0) is 11.7. The third-order valence-electron chi connectivity index (χ3n) is 3.30. The van der Waals surface area contributed by atoms with Crippen LogP contribution in [0.2, 0.25) is 0 Å². The number of hydrogen-bond donors (Lipinski definition) is 0. The maximum atomic E-state index is 5.86. The normalized spacial score (nSPS) is 20.8. The third kappa shape index (κ3) is 2.19. The first kappa shape index (κ1) is 11.4. The molecule has 0 amide bonds. The van der Waals surface area contributed by atoms with Crippen LogP contribution < -0.4 is 0 Å². The van der Waals surface area contributed by atoms with E-state index >= 15 is 0 Å². The molecule has 16 heavy (non-hydrogen) atoms. The van der Waals surface area contributed by atoms with Crippen molar-refractivity contribution >= 4 is 0 Å². The molecule has 1 atom stereocenters. The second-order valence-corrected chi connectivity index (χ2v) is 4.89. The number of benzene rings is 1. The fraction of sp³-hybridized carbons (Fsp3) is 0.467. The Labute approximate surface area is 98.1 Å². The summed E-state index contributed by atoms with van der Waals surface area (Å²) in [5.74, 6) is 0. The molecule has 1 heteroatoms. The topological polar surface area (TPSA) is 9.23 Å². The van der Waals surface area contributed by atoms with Crippen molar-refractivity contribution in [2.24, 2.45) is 0 Å². The van der Waals surface area contributed by atoms with Gasteiger partial charge in [0.15, 0.2) is 0 Å². The van der Waals surface area contributed by atoms with E-state index in [1.165, 1.54) is 27.8 Å². The SMILES string of the molecule is CC1=CCOC(c2c(C)cc(C)cc2C)C1. The molecule has 2 rings (SSSR count). The first-order valence-electron chi connectivity index (χ1n) is 5.93. The first-order chi connectivity index (χ1) is 7.58. The molecule has 0 spiro atoms. The van der Waals surface area contributed by atoms with E-state index in [2.05, 4.69) is 45.9 Å². The summed E-state index contributed by atoms with van der Waals surface area (Å²) in [5.41, 5.74) is 6.88. The van der Waals surface area contributed by atoms with E-state index in [9.17, 15) is 0 Å². The summed E-state index contributed by atoms with van der Waals surface area (Å²) in [6.45, 7) is 9.47. The van der Waals surface area contributed by atoms with Gasteiger partial charge in [-0.1, -0.05) is 29.3 Å². The Bertz CT molecular complexity index is 406. The lowest BCUT2D eigenvalue weighted by Crippen LogP contribution is -2.13. The molecule has 1 aromatic rings. The lowest BCUT2D eigenvalue weighted by Gasteiger charge is -2.25. The smallest absolute Gasteiger partial charge is 0.0871 e. The number of rotatable bonds is 1. The summed E-state index contributed by atoms with van der Waals surface area (Å²) in [4.78, 5) is 0. The highest BCUT2D eigenvalue weighted by Crippen LogP contribution is 2.33. The van der Waals surface area contributed by atoms with Gasteiger partial charge in [0.2, 0.25) is 0 Å². The first-order valence-corrected chi connectivity index (χ1v) is 5.93. The van der Waals surface area contributed by atoms with Gasteiger partial charge in [-0.25, -0.2) is 0 Å². The molecular formula is C15H20O. The van der Waals surface area contributed by atoms with Gasteiger partial charge in [-0.3, -0.25) is 0 Å². The molecule has 0 bridgehead atoms. The molecule has 1 nitrogen and oxygen atoms in total. The fourth-order valence-electron chi connectivity index (χ4n) is 2.63. The van der Waals surface area contributed by atoms with Crippen molar-refractivity contribution in [2.75, 3.05) is 6.61 Å². The standard InChI is InChI=1S/C15H20O/c1-10-5-6-16-14(9-10)15-12(3)7-11(2)8-13(15)4/h5,7-8,14H,6,9H2,1-4H3. The molecule has 1 aliphatic rings. The van der Waals surface area contributed by atoms with E-state index in [1.807, 2.05) is 0 Å². The van der Waals surface area contributed by atoms with E-state index < -0.39 is 0 Å². The van der Waals surface area contributed by atoms with Gasteiger partial charge in [-0.05, 0) is 50.8 Å². The van der Waals surface area contributed by atoms with Gasteiger partial charge in [0, 0.05) is 0 Å². The predicted molar refractivity (Wildman–Crippen MR) is 67.7 cm³/mol. The van der Waals surface area contributed by atoms with Crippen molar-refractivity contribution in [3.63, 3.8) is 0 Å². The van der Waals surface area contributed by atoms with Crippen LogP contribution in [-0.4, -0.2) is 6.61 Å². The van der Waals surface area contributed by atoms with E-state index in [4.69, 9.17) is 4.74 Å². The summed E-state index contributed by atoms with van der Waals surface area (Å²) in [5, 5.41) is 0. The van der Waals surface area contributed by atoms with Gasteiger partial charge in [0.1, 0.15) is 0 Å². The van der Waals surface area contributed by atoms with Crippen LogP contribution in [0.4, 0.5) is 0 Å². The van der Waals surface area contributed by atoms with Gasteiger partial charge < -0.3 is 4.74 Å². The van der Waals surface area contributed by atoms with Crippen molar-refractivity contribution in [2.45, 2.75) is 40.2 Å². The van der Waals surface area contributed by atoms with Crippen molar-refractivity contribution in [1.29, 1.82) is 0 Å². The highest BCUT2D eigenvalue weighted by Gasteiger charge is 2.19. The quantitative estimate of drug-likeness (QED) is 0.644. The average molecular weight is 216 g/mol. The number of ether oxygens (including phenoxy) is 1. The Hall–Kier alpha value is -1.08. The maximum Gasteiger partial charge on any atom is 0.0871 e. The fourth-order valence-corrected chi connectivity index (χ4v) is 2.63. The summed E-state index contributed by atoms with van der Waals surface area (Å²) < 4.78 is 5.86. The van der Waals surface area contributed by atoms with Crippen molar-refractivity contribution < 1.29 is 4.74 Å². The summed E-state index contributed by atoms with van der Waals surface area (Å²) in [6, 6.07) is 4.50. The van der Waals surface area contributed by atoms with Crippen LogP contribution in [0, 0.1) is 20.8 Å². The molecule has 86 valence electrons. The zero-order valence-corrected chi connectivity index (χ0v) is 10.6. The van der Waals surface area contributed by atoms with E-state index in [0.29, 0.717) is 0 Å². The molecule has 1 unspecified atom stereocenters. The highest BCUT2D eigenvalue weighted by atomic mass is 16.5. The predicted octanol–water partition coefficient (Wildman–Crippen LogP) is 4.02. The van der Waals surface area contributed by atoms with Crippen molar-refractivity contribution in [3.05, 3.63) is 46.0 Å². The molecule has 1 heterocycles. The molecule has 0 radical (unpaired) electrons. The minimum Gasteiger partial charge on any atom is -0.369 e. The lowest BCUT2D eigenvalue weighted by atomic mass is 9.91. The molecular weight excluding hydrogens is 196 g/mol. The van der Waals surface area contributed by atoms with Gasteiger partial charge in [-0.2, -0.15) is 0 Å². The van der Waals surface area contributed by atoms with E-state index in [0.717, 1.165) is 13.0 Å². The third-order valence-corrected chi connectivity index (χ3v) is 3.30. The van der Waals surface area contributed by atoms with Crippen molar-refractivity contribution in [1.82, 2.24) is 0 Å². The molecule has 1 aliphatic heterocycles. The van der Waals surface area contributed by atoms with Gasteiger partial charge >= 0.3 is 0 Å². The summed E-state index contributed by atoms with van der Waals surface area (Å²) in [6.07, 6.45) is 3.46. The Morgan fingerprint density at radius 3 is 2.25 bits per heavy atom. The Morgan fingerprint density at radius 2 is 1.69 bits per heavy atom. The Morgan fingerprint density at radius 1 is 1.06 bits per heavy atom. The minimum atomic E-state index is 0.255. The van der Waals surface area contributed by atoms with Gasteiger partial charge in [0.25, 0.3) is 0 Å². The van der Waals surface area contributed by atoms with Crippen molar-refractivity contribution in [3.8, 4) is 0 Å². The van der Waals surface area contributed by atoms with Crippen LogP contribution in [0.25, 0.3) is 0 Å². The Balaban J connectivity index is 2.37. The van der Waals surface area contributed by atoms with Crippen LogP contribution in [0.3, 0.4) is 0 Å². The largest absolute Gasteiger partial charge is 0.369 e. The van der Waals surface area contributed by atoms with E-state index in [-0.39, 0.29) is 6.10 Å². The number of aryl methyl sites for hydroxylation is 3. The molecule has 0 saturated heterocycles. The van der Waals surface area contributed by atoms with Crippen LogP contribution in [-0.2, 0) is 4.74 Å². The number of hydrogen-bond acceptors (Lipinski definition) is 1. The lowest BCUT2D eigenvalue weighted by molar-refractivity contribution is 0.0632. The average Bonchev–Trinajstić information content (AvgIpc) is 2.15. The summed E-state index contributed by atoms with van der Waals surface area (Å²) in [7, 11) is 0. The molecule has 0 saturated carbocycles. The van der Waals surface area contributed by atoms with Gasteiger partial charge in [0.05, 0.1) is 12.7 Å². The van der Waals surface area contributed by atoms with Crippen LogP contribution >= 0.6 is 0 Å². The molecule has 0 fully saturated rings. The van der Waals surface area contributed by atoms with Crippen LogP contribution in [0.15, 0.2) is 23.8 Å². The zero-order valence-electron chi connectivity index (χ0n) is 10.6. The van der Waals surface area contributed by atoms with Gasteiger partial charge in [-0.15, -0.1) is 0 Å². The Kier molecular flexibility index (Phi) is 3.15. The maximum absolute atomic E-state index is 5.86. The van der Waals surface area contributed by atoms with E-state index in [1.54, 1.807) is 0 Å². The molecule has 0 N–H and O–H groups in total. The molecule has 1 aromatic carbocycles. The van der Waals surface area contributed by atoms with Crippen LogP contribution in [0.5, 0.6) is 0 Å².